The van der Waals surface area contributed by atoms with Crippen LogP contribution in [0.2, 0.25) is 0 Å². The number of carbonyl (C=O) groups is 6. The summed E-state index contributed by atoms with van der Waals surface area (Å²) in [5.41, 5.74) is 0.963. The van der Waals surface area contributed by atoms with Gasteiger partial charge in [0.2, 0.25) is 0 Å². The molecule has 14 heteroatoms. The molecular formula is C38H18N2O8S4. The van der Waals surface area contributed by atoms with Crippen LogP contribution in [0.1, 0.15) is 62.1 Å². The summed E-state index contributed by atoms with van der Waals surface area (Å²) in [6.07, 6.45) is 0. The monoisotopic (exact) mass is 758 g/mol. The van der Waals surface area contributed by atoms with Gasteiger partial charge in [0, 0.05) is 52.6 Å². The number of hydrogen-bond donors (Lipinski definition) is 6. The van der Waals surface area contributed by atoms with E-state index >= 15 is 0 Å². The smallest absolute Gasteiger partial charge is 0.337 e. The summed E-state index contributed by atoms with van der Waals surface area (Å²) in [5, 5.41) is 24.2. The van der Waals surface area contributed by atoms with Crippen LogP contribution in [0.3, 0.4) is 0 Å². The van der Waals surface area contributed by atoms with Crippen molar-refractivity contribution >= 4 is 141 Å². The van der Waals surface area contributed by atoms with E-state index in [2.05, 4.69) is 50.5 Å². The van der Waals surface area contributed by atoms with Gasteiger partial charge in [0.15, 0.2) is 0 Å². The number of rotatable bonds is 4. The number of imide groups is 2. The Morgan fingerprint density at radius 3 is 0.904 bits per heavy atom. The fourth-order valence-electron chi connectivity index (χ4n) is 7.63. The first-order valence-electron chi connectivity index (χ1n) is 15.4. The number of amides is 4. The lowest BCUT2D eigenvalue weighted by Gasteiger charge is -2.30. The molecule has 0 bridgehead atoms. The molecule has 0 saturated heterocycles. The summed E-state index contributed by atoms with van der Waals surface area (Å²) in [6, 6.07) is 19.0. The average molecular weight is 759 g/mol. The molecule has 7 aromatic rings. The first-order valence-corrected chi connectivity index (χ1v) is 17.1. The van der Waals surface area contributed by atoms with E-state index in [1.54, 1.807) is 48.5 Å². The van der Waals surface area contributed by atoms with Crippen LogP contribution in [-0.4, -0.2) is 45.8 Å². The third-order valence-electron chi connectivity index (χ3n) is 9.74. The van der Waals surface area contributed by atoms with Crippen LogP contribution >= 0.6 is 50.5 Å². The standard InChI is InChI=1S/C38H18N2O8S4/c41-33-19-5-1-15-16-2-6-21-30-22(36(44)40(35(21)43)14-11-25(51)32(38(47)48)26(52)12-14)8-4-18(28(16)30)17-3-7-20(29(19)27(15)17)34(42)39(33)13-9-23(49)31(37(45)46)24(50)10-13/h1-12,49-52H,(H,45,46)(H,47,48). The van der Waals surface area contributed by atoms with Gasteiger partial charge in [-0.3, -0.25) is 19.2 Å². The van der Waals surface area contributed by atoms with E-state index < -0.39 is 35.6 Å². The van der Waals surface area contributed by atoms with Crippen molar-refractivity contribution in [1.82, 2.24) is 0 Å². The number of carboxylic acid groups (broad SMARTS) is 2. The van der Waals surface area contributed by atoms with Gasteiger partial charge in [0.25, 0.3) is 23.6 Å². The molecule has 0 unspecified atom stereocenters. The van der Waals surface area contributed by atoms with E-state index in [0.717, 1.165) is 9.80 Å². The van der Waals surface area contributed by atoms with Gasteiger partial charge in [0.05, 0.1) is 22.5 Å². The second-order valence-corrected chi connectivity index (χ2v) is 14.3. The van der Waals surface area contributed by atoms with Crippen molar-refractivity contribution in [2.24, 2.45) is 0 Å². The summed E-state index contributed by atoms with van der Waals surface area (Å²) in [4.78, 5) is 81.9. The first-order chi connectivity index (χ1) is 24.8. The summed E-state index contributed by atoms with van der Waals surface area (Å²) in [5.74, 6) is -4.94. The van der Waals surface area contributed by atoms with E-state index in [4.69, 9.17) is 0 Å². The van der Waals surface area contributed by atoms with E-state index in [9.17, 15) is 39.0 Å². The number of aromatic carboxylic acids is 2. The average Bonchev–Trinajstić information content (AvgIpc) is 3.08. The summed E-state index contributed by atoms with van der Waals surface area (Å²) in [6.45, 7) is 0. The van der Waals surface area contributed by atoms with Crippen LogP contribution in [0.4, 0.5) is 11.4 Å². The fraction of sp³-hybridized carbons (Fsp3) is 0. The largest absolute Gasteiger partial charge is 0.478 e. The number of nitrogens with zero attached hydrogens (tertiary/aromatic N) is 2. The zero-order chi connectivity index (χ0) is 36.7. The van der Waals surface area contributed by atoms with Gasteiger partial charge in [-0.1, -0.05) is 24.3 Å². The normalized spacial score (nSPS) is 14.2. The molecule has 0 radical (unpaired) electrons. The highest BCUT2D eigenvalue weighted by Crippen LogP contribution is 2.47. The molecule has 52 heavy (non-hydrogen) atoms. The molecule has 9 rings (SSSR count). The van der Waals surface area contributed by atoms with Crippen LogP contribution in [0, 0.1) is 0 Å². The maximum atomic E-state index is 14.1. The highest BCUT2D eigenvalue weighted by molar-refractivity contribution is 7.81. The summed E-state index contributed by atoms with van der Waals surface area (Å²) < 4.78 is 0. The van der Waals surface area contributed by atoms with E-state index in [1.165, 1.54) is 24.3 Å². The Morgan fingerprint density at radius 1 is 0.423 bits per heavy atom. The van der Waals surface area contributed by atoms with E-state index in [1.807, 2.05) is 0 Å². The Bertz CT molecular complexity index is 2590. The maximum absolute atomic E-state index is 14.1. The quantitative estimate of drug-likeness (QED) is 0.0460. The zero-order valence-electron chi connectivity index (χ0n) is 26.0. The molecule has 0 spiro atoms. The minimum absolute atomic E-state index is 0.0392. The lowest BCUT2D eigenvalue weighted by molar-refractivity contribution is 0.0678. The van der Waals surface area contributed by atoms with Gasteiger partial charge in [0.1, 0.15) is 0 Å². The van der Waals surface area contributed by atoms with Gasteiger partial charge in [-0.25, -0.2) is 19.4 Å². The molecule has 4 amide bonds. The second-order valence-electron chi connectivity index (χ2n) is 12.4. The van der Waals surface area contributed by atoms with E-state index in [-0.39, 0.29) is 64.3 Å². The molecule has 252 valence electrons. The Kier molecular flexibility index (Phi) is 6.84. The van der Waals surface area contributed by atoms with Crippen molar-refractivity contribution in [3.05, 3.63) is 106 Å². The van der Waals surface area contributed by atoms with Crippen molar-refractivity contribution in [1.29, 1.82) is 0 Å². The van der Waals surface area contributed by atoms with Crippen LogP contribution in [0.25, 0.3) is 43.1 Å². The van der Waals surface area contributed by atoms with E-state index in [0.29, 0.717) is 43.1 Å². The molecule has 0 aromatic heterocycles. The minimum Gasteiger partial charge on any atom is -0.478 e. The Hall–Kier alpha value is -5.54. The van der Waals surface area contributed by atoms with Gasteiger partial charge >= 0.3 is 11.9 Å². The minimum atomic E-state index is -1.25. The fourth-order valence-corrected chi connectivity index (χ4v) is 9.20. The molecule has 0 aliphatic carbocycles. The third kappa shape index (κ3) is 4.14. The predicted octanol–water partition coefficient (Wildman–Crippen LogP) is 7.89. The van der Waals surface area contributed by atoms with Crippen molar-refractivity contribution in [3.63, 3.8) is 0 Å². The van der Waals surface area contributed by atoms with Crippen molar-refractivity contribution < 1.29 is 39.0 Å². The molecule has 0 fully saturated rings. The molecule has 2 heterocycles. The lowest BCUT2D eigenvalue weighted by atomic mass is 9.82. The molecular weight excluding hydrogens is 741 g/mol. The number of carboxylic acids is 2. The van der Waals surface area contributed by atoms with Gasteiger partial charge < -0.3 is 10.2 Å². The molecule has 2 aliphatic rings. The van der Waals surface area contributed by atoms with Crippen molar-refractivity contribution in [3.8, 4) is 0 Å². The zero-order valence-corrected chi connectivity index (χ0v) is 29.5. The molecule has 2 N–H and O–H groups in total. The molecule has 0 atom stereocenters. The number of anilines is 2. The molecule has 10 nitrogen and oxygen atoms in total. The highest BCUT2D eigenvalue weighted by Gasteiger charge is 2.38. The van der Waals surface area contributed by atoms with Crippen LogP contribution in [0.5, 0.6) is 0 Å². The lowest BCUT2D eigenvalue weighted by Crippen LogP contribution is -2.40. The highest BCUT2D eigenvalue weighted by atomic mass is 32.1. The van der Waals surface area contributed by atoms with Crippen molar-refractivity contribution in [2.75, 3.05) is 9.80 Å². The Labute approximate surface area is 313 Å². The summed E-state index contributed by atoms with van der Waals surface area (Å²) in [7, 11) is 0. The topological polar surface area (TPSA) is 149 Å². The van der Waals surface area contributed by atoms with Crippen LogP contribution in [-0.2, 0) is 0 Å². The Morgan fingerprint density at radius 2 is 0.673 bits per heavy atom. The van der Waals surface area contributed by atoms with Crippen LogP contribution < -0.4 is 9.80 Å². The summed E-state index contributed by atoms with van der Waals surface area (Å²) >= 11 is 17.1. The predicted molar refractivity (Wildman–Crippen MR) is 206 cm³/mol. The van der Waals surface area contributed by atoms with Gasteiger partial charge in [-0.2, -0.15) is 0 Å². The van der Waals surface area contributed by atoms with Gasteiger partial charge in [-0.05, 0) is 80.8 Å². The molecule has 2 aliphatic heterocycles. The van der Waals surface area contributed by atoms with Gasteiger partial charge in [-0.15, -0.1) is 50.5 Å². The SMILES string of the molecule is O=C(O)c1c(S)cc(N2C(=O)c3ccc4c5ccc6c7c(ccc(c8ccc(c3c48)C2=O)c75)C(=O)N(c2cc(S)c(C(=O)O)c(S)c2)C6=O)cc1S. The Balaban J connectivity index is 1.24. The third-order valence-corrected chi connectivity index (χ3v) is 11.2. The first kappa shape index (κ1) is 32.4. The molecule has 7 aromatic carbocycles. The molecule has 0 saturated carbocycles. The maximum Gasteiger partial charge on any atom is 0.337 e. The van der Waals surface area contributed by atoms with Crippen molar-refractivity contribution in [2.45, 2.75) is 19.6 Å². The number of thiol groups is 4. The number of benzene rings is 7. The number of fused-ring (bicyclic) bond motifs is 2. The number of hydrogen-bond acceptors (Lipinski definition) is 10. The van der Waals surface area contributed by atoms with Crippen LogP contribution in [0.15, 0.2) is 92.4 Å². The second kappa shape index (κ2) is 11.0. The number of carbonyl (C=O) groups excluding carboxylic acids is 4.